The van der Waals surface area contributed by atoms with E-state index in [2.05, 4.69) is 32.6 Å². The van der Waals surface area contributed by atoms with Crippen LogP contribution in [-0.2, 0) is 23.4 Å². The van der Waals surface area contributed by atoms with Gasteiger partial charge in [-0.15, -0.1) is 0 Å². The third-order valence-electron chi connectivity index (χ3n) is 5.00. The van der Waals surface area contributed by atoms with Crippen LogP contribution in [0.1, 0.15) is 6.23 Å². The largest absolute Gasteiger partial charge is 0.861 e. The number of hydrogen-bond donors (Lipinski definition) is 8. The molecule has 1 aliphatic rings. The van der Waals surface area contributed by atoms with E-state index in [0.29, 0.717) is 0 Å². The van der Waals surface area contributed by atoms with E-state index in [1.165, 1.54) is 0 Å². The number of aliphatic imine (C=N–C) groups is 1. The third-order valence-corrected chi connectivity index (χ3v) is 8.21. The zero-order valence-electron chi connectivity index (χ0n) is 19.1. The van der Waals surface area contributed by atoms with Crippen molar-refractivity contribution in [3.63, 3.8) is 0 Å². The second kappa shape index (κ2) is 12.4. The number of imidazole rings is 1. The molecule has 3 heterocycles. The number of aliphatic hydroxyl groups is 2. The van der Waals surface area contributed by atoms with Crippen LogP contribution in [0.15, 0.2) is 16.1 Å². The zero-order valence-corrected chi connectivity index (χ0v) is 21.7. The highest BCUT2D eigenvalue weighted by Crippen LogP contribution is 2.55. The maximum absolute atomic E-state index is 12.4. The molecule has 8 N–H and O–H groups in total. The number of carbonyl (C=O) groups excluding carboxylic acids is 1. The molecule has 1 fully saturated rings. The van der Waals surface area contributed by atoms with Gasteiger partial charge in [0, 0.05) is 11.5 Å². The average Bonchev–Trinajstić information content (AvgIpc) is 3.39. The first kappa shape index (κ1) is 29.8. The Morgan fingerprint density at radius 3 is 2.82 bits per heavy atom. The van der Waals surface area contributed by atoms with Gasteiger partial charge in [-0.2, -0.15) is 17.6 Å². The second-order valence-electron chi connectivity index (χ2n) is 7.69. The number of thiol groups is 1. The summed E-state index contributed by atoms with van der Waals surface area (Å²) in [6, 6.07) is -1.31. The number of nitrogens with two attached hydrogens (primary N) is 1. The molecular formula is C17H23N7O11PS2-. The van der Waals surface area contributed by atoms with Crippen molar-refractivity contribution in [2.75, 3.05) is 30.4 Å². The Balaban J connectivity index is 1.58. The van der Waals surface area contributed by atoms with E-state index in [1.54, 1.807) is 0 Å². The predicted octanol–water partition coefficient (Wildman–Crippen LogP) is -3.57. The number of nitrogens with one attached hydrogen (secondary N) is 2. The molecule has 1 saturated heterocycles. The van der Waals surface area contributed by atoms with Crippen LogP contribution < -0.4 is 21.7 Å². The molecule has 0 aliphatic carbocycles. The van der Waals surface area contributed by atoms with Gasteiger partial charge in [0.2, 0.25) is 11.9 Å². The van der Waals surface area contributed by atoms with E-state index in [-0.39, 0.29) is 34.2 Å². The van der Waals surface area contributed by atoms with Crippen LogP contribution in [-0.4, -0.2) is 107 Å². The minimum Gasteiger partial charge on any atom is -0.861 e. The number of fused-ring (bicyclic) bond motifs is 1. The Labute approximate surface area is 222 Å². The minimum atomic E-state index is -4.51. The van der Waals surface area contributed by atoms with Crippen LogP contribution in [0, 0.1) is 0 Å². The van der Waals surface area contributed by atoms with Crippen molar-refractivity contribution in [3.05, 3.63) is 16.7 Å². The van der Waals surface area contributed by atoms with E-state index >= 15 is 0 Å². The lowest BCUT2D eigenvalue weighted by Crippen LogP contribution is -2.39. The number of carboxylic acids is 1. The highest BCUT2D eigenvalue weighted by atomic mass is 32.7. The summed E-state index contributed by atoms with van der Waals surface area (Å²) in [7, 11) is 0. The summed E-state index contributed by atoms with van der Waals surface area (Å²) in [6.07, 6.45) is -4.62. The van der Waals surface area contributed by atoms with Gasteiger partial charge in [-0.3, -0.25) is 33.5 Å². The number of nitrogen functional groups attached to an aromatic ring is 1. The number of H-pyrrole nitrogens is 1. The quantitative estimate of drug-likeness (QED) is 0.0509. The molecule has 2 aromatic rings. The molecule has 1 unspecified atom stereocenters. The van der Waals surface area contributed by atoms with Crippen LogP contribution in [0.3, 0.4) is 0 Å². The van der Waals surface area contributed by atoms with E-state index in [0.717, 1.165) is 10.9 Å². The van der Waals surface area contributed by atoms with Crippen LogP contribution in [0.2, 0.25) is 0 Å². The normalized spacial score (nSPS) is 24.3. The first-order chi connectivity index (χ1) is 17.8. The summed E-state index contributed by atoms with van der Waals surface area (Å²) in [5.41, 5.74) is 4.77. The molecule has 1 amide bonds. The highest BCUT2D eigenvalue weighted by molar-refractivity contribution is 8.55. The number of aliphatic hydroxyl groups excluding tert-OH is 2. The fraction of sp³-hybridized carbons (Fsp3) is 0.529. The minimum absolute atomic E-state index is 0.0362. The monoisotopic (exact) mass is 596 g/mol. The molecule has 2 aromatic heterocycles. The molecular weight excluding hydrogens is 573 g/mol. The van der Waals surface area contributed by atoms with Crippen LogP contribution in [0.4, 0.5) is 5.95 Å². The molecule has 3 rings (SSSR count). The average molecular weight is 597 g/mol. The highest BCUT2D eigenvalue weighted by Gasteiger charge is 2.45. The number of aromatic amines is 1. The number of hydrogen-bond acceptors (Lipinski definition) is 15. The molecule has 1 aliphatic heterocycles. The Morgan fingerprint density at radius 1 is 1.45 bits per heavy atom. The number of carbonyl (C=O) groups is 2. The maximum atomic E-state index is 12.4. The maximum Gasteiger partial charge on any atom is 0.386 e. The van der Waals surface area contributed by atoms with Gasteiger partial charge in [0.1, 0.15) is 30.9 Å². The zero-order chi connectivity index (χ0) is 28.2. The lowest BCUT2D eigenvalue weighted by molar-refractivity contribution is -0.215. The number of anilines is 1. The van der Waals surface area contributed by atoms with Crippen LogP contribution in [0.25, 0.3) is 11.2 Å². The first-order valence-electron chi connectivity index (χ1n) is 10.5. The standard InChI is InChI=1S/C17H24N7O11PS2/c18-17-22-13-10(15(31)23-17)20-5-24(13)16-12(29)11(28)7(35-16)2-34-36(32,33)38-4-8(25)21-6(3-37)14(30)19-1-9(26)27/h5-7,11-12,16,28-29,37H,1-4H2,(H,19,30)(H,21,25)(H,26,27)(H,32,33)(H3,18,22,23,31)/p-1/t6-,7+,11+,12+,16+/m0/s1. The Hall–Kier alpha value is -2.71. The van der Waals surface area contributed by atoms with Crippen molar-refractivity contribution >= 4 is 65.7 Å². The van der Waals surface area contributed by atoms with E-state index in [4.69, 9.17) is 20.1 Å². The van der Waals surface area contributed by atoms with Gasteiger partial charge < -0.3 is 41.1 Å². The van der Waals surface area contributed by atoms with Gasteiger partial charge in [0.05, 0.1) is 12.9 Å². The fourth-order valence-electron chi connectivity index (χ4n) is 3.24. The van der Waals surface area contributed by atoms with E-state index in [9.17, 15) is 39.2 Å². The summed E-state index contributed by atoms with van der Waals surface area (Å²) in [4.78, 5) is 58.0. The number of rotatable bonds is 12. The Morgan fingerprint density at radius 2 is 2.16 bits per heavy atom. The predicted molar refractivity (Wildman–Crippen MR) is 132 cm³/mol. The molecule has 0 bridgehead atoms. The van der Waals surface area contributed by atoms with Crippen molar-refractivity contribution in [2.24, 2.45) is 4.99 Å². The van der Waals surface area contributed by atoms with Gasteiger partial charge in [-0.05, 0) is 17.3 Å². The van der Waals surface area contributed by atoms with E-state index in [1.807, 2.05) is 5.32 Å². The number of ether oxygens (including phenoxy) is 1. The van der Waals surface area contributed by atoms with Gasteiger partial charge >= 0.3 is 12.8 Å². The van der Waals surface area contributed by atoms with Crippen molar-refractivity contribution in [1.29, 1.82) is 0 Å². The van der Waals surface area contributed by atoms with Gasteiger partial charge in [-0.1, -0.05) is 0 Å². The molecule has 0 aromatic carbocycles. The molecule has 0 radical (unpaired) electrons. The van der Waals surface area contributed by atoms with Gasteiger partial charge in [-0.25, -0.2) is 9.55 Å². The molecule has 6 atom stereocenters. The lowest BCUT2D eigenvalue weighted by Gasteiger charge is -2.19. The number of aliphatic carboxylic acids is 1. The van der Waals surface area contributed by atoms with Crippen LogP contribution in [0.5, 0.6) is 0 Å². The lowest BCUT2D eigenvalue weighted by atomic mass is 10.1. The smallest absolute Gasteiger partial charge is 0.386 e. The summed E-state index contributed by atoms with van der Waals surface area (Å²) in [5.74, 6) is -4.25. The Kier molecular flexibility index (Phi) is 9.76. The van der Waals surface area contributed by atoms with Crippen molar-refractivity contribution in [1.82, 2.24) is 24.8 Å². The summed E-state index contributed by atoms with van der Waals surface area (Å²) >= 11 is 4.05. The second-order valence-corrected chi connectivity index (χ2v) is 12.0. The topological polar surface area (TPSA) is 288 Å². The molecule has 0 saturated carbocycles. The number of amides is 1. The summed E-state index contributed by atoms with van der Waals surface area (Å²) < 4.78 is 24.0. The molecule has 21 heteroatoms. The van der Waals surface area contributed by atoms with Crippen molar-refractivity contribution in [3.8, 4) is 0 Å². The molecule has 210 valence electrons. The fourth-order valence-corrected chi connectivity index (χ4v) is 5.47. The van der Waals surface area contributed by atoms with Gasteiger partial charge in [0.15, 0.2) is 17.4 Å². The first-order valence-corrected chi connectivity index (χ1v) is 14.3. The number of carboxylic acid groups (broad SMARTS) is 1. The Bertz CT molecular complexity index is 1320. The summed E-state index contributed by atoms with van der Waals surface area (Å²) in [6.45, 7) is -5.88. The van der Waals surface area contributed by atoms with E-state index < -0.39 is 79.6 Å². The molecule has 18 nitrogen and oxygen atoms in total. The SMILES string of the molecule is Nc1nc2c(ncn2[C@@H]2O[C@H](COP(=O)(O)SCC([O-])=N[C@@H](CS)C(=O)NCC(=O)O)[C@@H](O)[C@H]2O)c(=O)[nH]1. The number of nitrogens with zero attached hydrogens (tertiary/aromatic N) is 4. The molecule has 0 spiro atoms. The van der Waals surface area contributed by atoms with Crippen LogP contribution >= 0.6 is 30.8 Å². The summed E-state index contributed by atoms with van der Waals surface area (Å²) in [5, 5.41) is 43.4. The van der Waals surface area contributed by atoms with Crippen molar-refractivity contribution in [2.45, 2.75) is 30.6 Å². The molecule has 38 heavy (non-hydrogen) atoms. The third kappa shape index (κ3) is 7.23. The van der Waals surface area contributed by atoms with Gasteiger partial charge in [0.25, 0.3) is 5.56 Å². The van der Waals surface area contributed by atoms with Crippen molar-refractivity contribution < 1.29 is 48.7 Å². The number of aromatic nitrogens is 4.